The van der Waals surface area contributed by atoms with E-state index < -0.39 is 319 Å². The second-order valence-electron chi connectivity index (χ2n) is 25.4. The van der Waals surface area contributed by atoms with Crippen LogP contribution in [0.25, 0.3) is 0 Å². The summed E-state index contributed by atoms with van der Waals surface area (Å²) in [5.41, 5.74) is -9.77. The van der Waals surface area contributed by atoms with Crippen LogP contribution in [-0.4, -0.2) is 220 Å². The maximum absolute atomic E-state index is 15.3. The summed E-state index contributed by atoms with van der Waals surface area (Å²) in [6, 6.07) is 9.28. The van der Waals surface area contributed by atoms with Gasteiger partial charge in [0.2, 0.25) is 41.1 Å². The molecule has 1 saturated heterocycles. The largest absolute Gasteiger partial charge is 0.508 e. The van der Waals surface area contributed by atoms with E-state index in [-0.39, 0.29) is 5.56 Å². The van der Waals surface area contributed by atoms with Gasteiger partial charge in [0, 0.05) is 5.56 Å². The lowest BCUT2D eigenvalue weighted by atomic mass is 9.97. The molecular formula is C77H54O45. The molecule has 11 rings (SSSR count). The van der Waals surface area contributed by atoms with E-state index in [1.807, 2.05) is 0 Å². The highest BCUT2D eigenvalue weighted by Crippen LogP contribution is 2.47. The molecule has 1 fully saturated rings. The van der Waals surface area contributed by atoms with E-state index in [0.29, 0.717) is 109 Å². The number of rotatable bonds is 21. The van der Waals surface area contributed by atoms with Gasteiger partial charge in [0.25, 0.3) is 0 Å². The third-order valence-electron chi connectivity index (χ3n) is 17.2. The topological polar surface area (TPSA) is 758 Å². The van der Waals surface area contributed by atoms with Crippen LogP contribution in [0.4, 0.5) is 0 Å². The first-order valence-corrected chi connectivity index (χ1v) is 33.5. The molecule has 1 aliphatic rings. The number of aromatic hydroxyl groups is 24. The maximum Gasteiger partial charge on any atom is 0.343 e. The number of carbonyl (C=O) groups excluding carboxylic acids is 10. The summed E-state index contributed by atoms with van der Waals surface area (Å²) in [6.45, 7) is -0.475. The fraction of sp³-hybridized carbons (Fsp3) is 0.0909. The van der Waals surface area contributed by atoms with Gasteiger partial charge in [-0.15, -0.1) is 0 Å². The molecule has 10 aromatic carbocycles. The molecule has 0 amide bonds. The summed E-state index contributed by atoms with van der Waals surface area (Å²) in [5.74, 6) is -53.4. The smallest absolute Gasteiger partial charge is 0.343 e. The number of phenolic OH excluding ortho intramolecular Hbond substituents is 24. The van der Waals surface area contributed by atoms with E-state index in [2.05, 4.69) is 0 Å². The lowest BCUT2D eigenvalue weighted by Crippen LogP contribution is -2.63. The molecular weight excluding hydrogens is 1640 g/mol. The Morgan fingerprint density at radius 2 is 0.418 bits per heavy atom. The zero-order chi connectivity index (χ0) is 89.4. The van der Waals surface area contributed by atoms with Crippen molar-refractivity contribution in [1.82, 2.24) is 0 Å². The predicted octanol–water partition coefficient (Wildman–Crippen LogP) is 5.44. The van der Waals surface area contributed by atoms with Crippen molar-refractivity contribution >= 4 is 59.7 Å². The first-order valence-electron chi connectivity index (χ1n) is 33.5. The number of phenols is 24. The summed E-state index contributed by atoms with van der Waals surface area (Å²) < 4.78 is 60.7. The molecule has 10 aromatic rings. The van der Waals surface area contributed by atoms with Gasteiger partial charge in [0.15, 0.2) is 139 Å². The zero-order valence-corrected chi connectivity index (χ0v) is 60.4. The Morgan fingerprint density at radius 1 is 0.230 bits per heavy atom. The second-order valence-corrected chi connectivity index (χ2v) is 25.4. The van der Waals surface area contributed by atoms with Gasteiger partial charge in [-0.05, 0) is 128 Å². The van der Waals surface area contributed by atoms with Gasteiger partial charge >= 0.3 is 59.7 Å². The fourth-order valence-electron chi connectivity index (χ4n) is 10.9. The minimum absolute atomic E-state index is 0.157. The number of ether oxygens (including phenoxy) is 11. The summed E-state index contributed by atoms with van der Waals surface area (Å²) in [6.07, 6.45) is -15.0. The molecule has 0 aromatic heterocycles. The Hall–Kier alpha value is -17.9. The minimum atomic E-state index is -3.10. The third kappa shape index (κ3) is 17.6. The summed E-state index contributed by atoms with van der Waals surface area (Å²) in [4.78, 5) is 143. The molecule has 0 radical (unpaired) electrons. The molecule has 0 spiro atoms. The van der Waals surface area contributed by atoms with E-state index in [1.54, 1.807) is 0 Å². The maximum atomic E-state index is 15.3. The van der Waals surface area contributed by atoms with Gasteiger partial charge in [-0.2, -0.15) is 0 Å². The van der Waals surface area contributed by atoms with Gasteiger partial charge in [0.05, 0.1) is 55.6 Å². The van der Waals surface area contributed by atoms with Crippen LogP contribution in [0.5, 0.6) is 167 Å². The van der Waals surface area contributed by atoms with Crippen LogP contribution >= 0.6 is 0 Å². The molecule has 1 aliphatic heterocycles. The van der Waals surface area contributed by atoms with Crippen molar-refractivity contribution in [3.63, 3.8) is 0 Å². The Labute approximate surface area is 673 Å². The predicted molar refractivity (Wildman–Crippen MR) is 386 cm³/mol. The van der Waals surface area contributed by atoms with Gasteiger partial charge in [0.1, 0.15) is 24.2 Å². The average molecular weight is 1700 g/mol. The van der Waals surface area contributed by atoms with Crippen molar-refractivity contribution in [2.75, 3.05) is 6.61 Å². The van der Waals surface area contributed by atoms with Gasteiger partial charge in [-0.25, -0.2) is 47.9 Å². The molecule has 45 nitrogen and oxygen atoms in total. The van der Waals surface area contributed by atoms with E-state index in [9.17, 15) is 156 Å². The Morgan fingerprint density at radius 3 is 0.664 bits per heavy atom. The molecule has 0 saturated carbocycles. The highest BCUT2D eigenvalue weighted by atomic mass is 16.8. The standard InChI is InChI=1S/C77H54O45/c1-23-34(78)2-24(3-35(23)79)68(103)114-53-21-33(16-48(92)63(53)101)76(111)122-77-66(121-75(110)32-15-47(91)62(100)52(20-32)117-72(107)28-10-42(86)58(96)43(87)11-28)65(120-74(109)31-14-46(90)61(99)51(19-31)116-71(106)27-8-40(84)57(95)41(85)9-27)64(119-73(108)30-13-45(89)60(98)50(18-30)115-70(105)26-6-38(82)56(94)39(83)7-26)54(118-77)22-112-67(102)29-12-44(88)59(97)49(17-29)113-69(104)25-4-36(80)55(93)37(81)5-25/h2-21,54,64-66,77-101H,22H2,1H3/t54-,64-,65+,66-,77-/m1/s1. The Kier molecular flexibility index (Phi) is 23.3. The molecule has 1 heterocycles. The molecule has 0 bridgehead atoms. The minimum Gasteiger partial charge on any atom is -0.508 e. The lowest BCUT2D eigenvalue weighted by molar-refractivity contribution is -0.282. The van der Waals surface area contributed by atoms with Gasteiger partial charge < -0.3 is 175 Å². The molecule has 45 heteroatoms. The Bertz CT molecular complexity index is 5970. The summed E-state index contributed by atoms with van der Waals surface area (Å²) >= 11 is 0. The number of hydrogen-bond acceptors (Lipinski definition) is 45. The second kappa shape index (κ2) is 33.5. The number of carbonyl (C=O) groups is 10. The third-order valence-corrected chi connectivity index (χ3v) is 17.2. The van der Waals surface area contributed by atoms with Crippen LogP contribution in [0.3, 0.4) is 0 Å². The number of benzene rings is 10. The van der Waals surface area contributed by atoms with Crippen LogP contribution in [0, 0.1) is 6.92 Å². The van der Waals surface area contributed by atoms with Crippen molar-refractivity contribution in [3.8, 4) is 167 Å². The average Bonchev–Trinajstić information content (AvgIpc) is 0.763. The highest BCUT2D eigenvalue weighted by molar-refractivity contribution is 6.00. The first kappa shape index (κ1) is 85.0. The Balaban J connectivity index is 1.09. The van der Waals surface area contributed by atoms with Crippen molar-refractivity contribution < 1.29 is 223 Å². The van der Waals surface area contributed by atoms with Crippen molar-refractivity contribution in [2.24, 2.45) is 0 Å². The van der Waals surface area contributed by atoms with Gasteiger partial charge in [-0.1, -0.05) is 0 Å². The molecule has 122 heavy (non-hydrogen) atoms. The van der Waals surface area contributed by atoms with Crippen LogP contribution in [-0.2, 0) is 28.4 Å². The number of esters is 10. The first-order chi connectivity index (χ1) is 57.4. The summed E-state index contributed by atoms with van der Waals surface area (Å²) in [7, 11) is 0. The van der Waals surface area contributed by atoms with E-state index >= 15 is 14.4 Å². The number of hydrogen-bond donors (Lipinski definition) is 24. The molecule has 5 atom stereocenters. The summed E-state index contributed by atoms with van der Waals surface area (Å²) in [5, 5.41) is 252. The molecule has 0 aliphatic carbocycles. The van der Waals surface area contributed by atoms with E-state index in [1.165, 1.54) is 6.92 Å². The molecule has 632 valence electrons. The van der Waals surface area contributed by atoms with Crippen LogP contribution in [0.15, 0.2) is 121 Å². The van der Waals surface area contributed by atoms with E-state index in [0.717, 1.165) is 12.1 Å². The lowest BCUT2D eigenvalue weighted by Gasteiger charge is -2.43. The SMILES string of the molecule is Cc1c(O)cc(C(=O)Oc2cc(C(=O)O[C@H]3O[C@H](COC(=O)c4cc(O)c(O)c(OC(=O)c5cc(O)c(O)c(O)c5)c4)[C@@H](OC(=O)c4cc(O)c(O)c(OC(=O)c5cc(O)c(O)c(O)c5)c4)[C@H](OC(=O)c4cc(O)c(O)c(OC(=O)c5cc(O)c(O)c(O)c5)c4)[C@H]3OC(=O)c3cc(O)c(O)c(OC(=O)c4cc(O)c(O)c(O)c4)c3)cc(O)c2O)cc1O. The quantitative estimate of drug-likeness (QED) is 0.0184. The van der Waals surface area contributed by atoms with Crippen molar-refractivity contribution in [3.05, 3.63) is 183 Å². The van der Waals surface area contributed by atoms with Crippen LogP contribution in [0.1, 0.15) is 109 Å². The monoisotopic (exact) mass is 1700 g/mol. The highest BCUT2D eigenvalue weighted by Gasteiger charge is 2.55. The van der Waals surface area contributed by atoms with Gasteiger partial charge in [-0.3, -0.25) is 0 Å². The van der Waals surface area contributed by atoms with E-state index in [4.69, 9.17) is 52.1 Å². The zero-order valence-electron chi connectivity index (χ0n) is 60.4. The molecule has 24 N–H and O–H groups in total. The van der Waals surface area contributed by atoms with Crippen LogP contribution in [0.2, 0.25) is 0 Å². The normalized spacial score (nSPS) is 14.6. The fourth-order valence-corrected chi connectivity index (χ4v) is 10.9. The molecule has 0 unspecified atom stereocenters. The van der Waals surface area contributed by atoms with Crippen molar-refractivity contribution in [1.29, 1.82) is 0 Å². The van der Waals surface area contributed by atoms with Crippen LogP contribution < -0.4 is 23.7 Å². The van der Waals surface area contributed by atoms with Crippen molar-refractivity contribution in [2.45, 2.75) is 37.6 Å².